The van der Waals surface area contributed by atoms with Gasteiger partial charge in [-0.2, -0.15) is 31.3 Å². The molecular formula is C23H28ClF6N5O. The summed E-state index contributed by atoms with van der Waals surface area (Å²) < 4.78 is 78.2. The summed E-state index contributed by atoms with van der Waals surface area (Å²) in [6, 6.07) is 1.01. The predicted molar refractivity (Wildman–Crippen MR) is 126 cm³/mol. The van der Waals surface area contributed by atoms with Gasteiger partial charge in [0.05, 0.1) is 11.1 Å². The van der Waals surface area contributed by atoms with Crippen molar-refractivity contribution in [2.24, 2.45) is 5.92 Å². The van der Waals surface area contributed by atoms with E-state index in [1.807, 2.05) is 25.9 Å². The number of carbonyl (C=O) groups excluding carboxylic acids is 1. The van der Waals surface area contributed by atoms with Crippen LogP contribution < -0.4 is 15.5 Å². The van der Waals surface area contributed by atoms with Crippen LogP contribution in [0.2, 0.25) is 0 Å². The monoisotopic (exact) mass is 539 g/mol. The minimum absolute atomic E-state index is 0. The van der Waals surface area contributed by atoms with Gasteiger partial charge in [-0.25, -0.2) is 4.98 Å². The van der Waals surface area contributed by atoms with E-state index >= 15 is 0 Å². The van der Waals surface area contributed by atoms with Gasteiger partial charge in [0.2, 0.25) is 5.95 Å². The minimum Gasteiger partial charge on any atom is -0.362 e. The zero-order valence-electron chi connectivity index (χ0n) is 19.9. The van der Waals surface area contributed by atoms with Crippen molar-refractivity contribution in [2.45, 2.75) is 51.0 Å². The van der Waals surface area contributed by atoms with E-state index in [4.69, 9.17) is 0 Å². The fourth-order valence-electron chi connectivity index (χ4n) is 4.07. The van der Waals surface area contributed by atoms with Crippen LogP contribution in [0.15, 0.2) is 24.4 Å². The van der Waals surface area contributed by atoms with Crippen molar-refractivity contribution in [3.05, 3.63) is 46.6 Å². The quantitative estimate of drug-likeness (QED) is 0.460. The van der Waals surface area contributed by atoms with Crippen LogP contribution in [0.25, 0.3) is 0 Å². The maximum atomic E-state index is 13.0. The van der Waals surface area contributed by atoms with Crippen molar-refractivity contribution in [2.75, 3.05) is 30.9 Å². The van der Waals surface area contributed by atoms with E-state index in [0.29, 0.717) is 18.1 Å². The Morgan fingerprint density at radius 2 is 1.56 bits per heavy atom. The molecule has 200 valence electrons. The predicted octanol–water partition coefficient (Wildman–Crippen LogP) is 5.71. The summed E-state index contributed by atoms with van der Waals surface area (Å²) in [5.74, 6) is 0.413. The zero-order chi connectivity index (χ0) is 26.0. The maximum Gasteiger partial charge on any atom is 0.416 e. The number of rotatable bonds is 6. The molecule has 1 aliphatic carbocycles. The molecule has 0 atom stereocenters. The highest BCUT2D eigenvalue weighted by atomic mass is 35.5. The molecule has 13 heteroatoms. The van der Waals surface area contributed by atoms with Crippen molar-refractivity contribution >= 4 is 30.1 Å². The maximum absolute atomic E-state index is 13.0. The molecule has 0 unspecified atom stereocenters. The molecule has 1 aromatic carbocycles. The van der Waals surface area contributed by atoms with E-state index in [0.717, 1.165) is 37.1 Å². The van der Waals surface area contributed by atoms with Crippen LogP contribution in [0, 0.1) is 12.8 Å². The first-order valence-electron chi connectivity index (χ1n) is 11.1. The standard InChI is InChI=1S/C23H27F6N5O.ClH/c1-13-11-31-21(33-19(13)34(2)3)32-18-6-4-14(5-7-18)12-30-20(35)15-8-16(22(24,25)26)10-17(9-15)23(27,28)29;/h8-11,14,18H,4-7,12H2,1-3H3,(H,30,35)(H,31,32,33);1H/t14-,18+;. The average Bonchev–Trinajstić information content (AvgIpc) is 2.78. The number of aryl methyl sites for hydroxylation is 1. The third kappa shape index (κ3) is 7.62. The zero-order valence-corrected chi connectivity index (χ0v) is 20.7. The molecule has 0 saturated heterocycles. The Balaban J connectivity index is 0.00000456. The van der Waals surface area contributed by atoms with E-state index in [-0.39, 0.29) is 37.0 Å². The van der Waals surface area contributed by atoms with Gasteiger partial charge in [-0.05, 0) is 56.7 Å². The van der Waals surface area contributed by atoms with Gasteiger partial charge in [0.1, 0.15) is 5.82 Å². The Hall–Kier alpha value is -2.76. The van der Waals surface area contributed by atoms with Crippen molar-refractivity contribution in [3.8, 4) is 0 Å². The summed E-state index contributed by atoms with van der Waals surface area (Å²) in [6.45, 7) is 2.08. The second-order valence-corrected chi connectivity index (χ2v) is 8.96. The largest absolute Gasteiger partial charge is 0.416 e. The van der Waals surface area contributed by atoms with Gasteiger partial charge in [0.25, 0.3) is 5.91 Å². The lowest BCUT2D eigenvalue weighted by molar-refractivity contribution is -0.143. The van der Waals surface area contributed by atoms with E-state index in [2.05, 4.69) is 20.6 Å². The molecule has 1 aromatic heterocycles. The highest BCUT2D eigenvalue weighted by molar-refractivity contribution is 5.94. The van der Waals surface area contributed by atoms with Gasteiger partial charge in [-0.15, -0.1) is 12.4 Å². The van der Waals surface area contributed by atoms with Crippen molar-refractivity contribution in [1.29, 1.82) is 0 Å². The number of nitrogens with one attached hydrogen (secondary N) is 2. The summed E-state index contributed by atoms with van der Waals surface area (Å²) in [4.78, 5) is 23.1. The topological polar surface area (TPSA) is 70.1 Å². The fourth-order valence-corrected chi connectivity index (χ4v) is 4.07. The van der Waals surface area contributed by atoms with Crippen LogP contribution in [0.1, 0.15) is 52.7 Å². The van der Waals surface area contributed by atoms with Crippen molar-refractivity contribution in [1.82, 2.24) is 15.3 Å². The van der Waals surface area contributed by atoms with Crippen LogP contribution in [0.5, 0.6) is 0 Å². The number of nitrogens with zero attached hydrogens (tertiary/aromatic N) is 3. The summed E-state index contributed by atoms with van der Waals surface area (Å²) in [6.07, 6.45) is -5.30. The van der Waals surface area contributed by atoms with Crippen LogP contribution in [0.3, 0.4) is 0 Å². The molecule has 1 amide bonds. The van der Waals surface area contributed by atoms with Crippen LogP contribution in [0.4, 0.5) is 38.1 Å². The number of anilines is 2. The number of carbonyl (C=O) groups is 1. The van der Waals surface area contributed by atoms with Gasteiger partial charge >= 0.3 is 12.4 Å². The second kappa shape index (κ2) is 11.5. The minimum atomic E-state index is -5.00. The molecule has 1 fully saturated rings. The van der Waals surface area contributed by atoms with E-state index in [9.17, 15) is 31.1 Å². The number of benzene rings is 1. The number of alkyl halides is 6. The van der Waals surface area contributed by atoms with Crippen LogP contribution in [-0.2, 0) is 12.4 Å². The Kier molecular flexibility index (Phi) is 9.44. The molecule has 1 saturated carbocycles. The van der Waals surface area contributed by atoms with Crippen LogP contribution in [-0.4, -0.2) is 42.6 Å². The van der Waals surface area contributed by atoms with E-state index in [1.165, 1.54) is 0 Å². The van der Waals surface area contributed by atoms with E-state index < -0.39 is 35.0 Å². The summed E-state index contributed by atoms with van der Waals surface area (Å²) >= 11 is 0. The third-order valence-corrected chi connectivity index (χ3v) is 5.95. The first kappa shape index (κ1) is 29.5. The van der Waals surface area contributed by atoms with Gasteiger partial charge in [0, 0.05) is 44.0 Å². The molecule has 3 rings (SSSR count). The highest BCUT2D eigenvalue weighted by Crippen LogP contribution is 2.36. The fraction of sp³-hybridized carbons (Fsp3) is 0.522. The molecule has 1 heterocycles. The molecular weight excluding hydrogens is 512 g/mol. The number of aromatic nitrogens is 2. The molecule has 0 aliphatic heterocycles. The summed E-state index contributed by atoms with van der Waals surface area (Å²) in [7, 11) is 3.78. The Bertz CT molecular complexity index is 1020. The molecule has 2 N–H and O–H groups in total. The Morgan fingerprint density at radius 3 is 2.06 bits per heavy atom. The first-order valence-corrected chi connectivity index (χ1v) is 11.1. The van der Waals surface area contributed by atoms with Gasteiger partial charge in [0.15, 0.2) is 0 Å². The average molecular weight is 540 g/mol. The van der Waals surface area contributed by atoms with Crippen LogP contribution >= 0.6 is 12.4 Å². The molecule has 0 bridgehead atoms. The Labute approximate surface area is 211 Å². The summed E-state index contributed by atoms with van der Waals surface area (Å²) in [5.41, 5.74) is -2.75. The van der Waals surface area contributed by atoms with Gasteiger partial charge in [-0.1, -0.05) is 0 Å². The molecule has 6 nitrogen and oxygen atoms in total. The van der Waals surface area contributed by atoms with Gasteiger partial charge in [-0.3, -0.25) is 4.79 Å². The third-order valence-electron chi connectivity index (χ3n) is 5.95. The number of hydrogen-bond donors (Lipinski definition) is 2. The lowest BCUT2D eigenvalue weighted by atomic mass is 9.86. The second-order valence-electron chi connectivity index (χ2n) is 8.96. The molecule has 0 radical (unpaired) electrons. The molecule has 0 spiro atoms. The number of hydrogen-bond acceptors (Lipinski definition) is 5. The lowest BCUT2D eigenvalue weighted by Gasteiger charge is -2.29. The summed E-state index contributed by atoms with van der Waals surface area (Å²) in [5, 5.41) is 5.80. The normalized spacial score (nSPS) is 18.2. The molecule has 36 heavy (non-hydrogen) atoms. The van der Waals surface area contributed by atoms with Crippen molar-refractivity contribution < 1.29 is 31.1 Å². The smallest absolute Gasteiger partial charge is 0.362 e. The molecule has 2 aromatic rings. The van der Waals surface area contributed by atoms with Gasteiger partial charge < -0.3 is 15.5 Å². The SMILES string of the molecule is Cc1cnc(N[C@H]2CC[C@@H](CNC(=O)c3cc(C(F)(F)F)cc(C(F)(F)F)c3)CC2)nc1N(C)C.Cl. The van der Waals surface area contributed by atoms with Crippen molar-refractivity contribution in [3.63, 3.8) is 0 Å². The highest BCUT2D eigenvalue weighted by Gasteiger charge is 2.37. The first-order chi connectivity index (χ1) is 16.2. The number of amides is 1. The Morgan fingerprint density at radius 1 is 1.00 bits per heavy atom. The lowest BCUT2D eigenvalue weighted by Crippen LogP contribution is -2.34. The number of halogens is 7. The molecule has 1 aliphatic rings. The van der Waals surface area contributed by atoms with E-state index in [1.54, 1.807) is 6.20 Å².